The normalized spacial score (nSPS) is 14.2. The maximum atomic E-state index is 11.9. The summed E-state index contributed by atoms with van der Waals surface area (Å²) in [5.74, 6) is 0.104. The van der Waals surface area contributed by atoms with Crippen LogP contribution in [0.2, 0.25) is 0 Å². The topological polar surface area (TPSA) is 55.8 Å². The van der Waals surface area contributed by atoms with Gasteiger partial charge in [-0.3, -0.25) is 4.79 Å². The number of esters is 1. The van der Waals surface area contributed by atoms with Crippen molar-refractivity contribution in [2.45, 2.75) is 11.4 Å². The van der Waals surface area contributed by atoms with Crippen molar-refractivity contribution >= 4 is 46.2 Å². The number of nitrogens with zero attached hydrogens (tertiary/aromatic N) is 1. The van der Waals surface area contributed by atoms with Crippen LogP contribution in [0.1, 0.15) is 5.56 Å². The second-order valence-electron chi connectivity index (χ2n) is 4.09. The third-order valence-electron chi connectivity index (χ3n) is 2.88. The Kier molecular flexibility index (Phi) is 5.53. The first-order valence-electron chi connectivity index (χ1n) is 5.97. The first-order valence-corrected chi connectivity index (χ1v) is 8.48. The van der Waals surface area contributed by atoms with Crippen molar-refractivity contribution in [3.63, 3.8) is 0 Å². The predicted octanol–water partition coefficient (Wildman–Crippen LogP) is 2.07. The van der Waals surface area contributed by atoms with Crippen LogP contribution < -0.4 is 4.74 Å². The molecule has 0 spiro atoms. The molecule has 20 heavy (non-hydrogen) atoms. The first-order chi connectivity index (χ1) is 9.65. The Balaban J connectivity index is 2.21. The average Bonchev–Trinajstić information content (AvgIpc) is 2.67. The summed E-state index contributed by atoms with van der Waals surface area (Å²) in [5, 5.41) is 0. The van der Waals surface area contributed by atoms with Gasteiger partial charge in [0.15, 0.2) is 0 Å². The molecule has 5 nitrogen and oxygen atoms in total. The van der Waals surface area contributed by atoms with Gasteiger partial charge in [-0.2, -0.15) is 0 Å². The number of fused-ring (bicyclic) bond motifs is 1. The molecule has 7 heteroatoms. The third-order valence-corrected chi connectivity index (χ3v) is 4.29. The summed E-state index contributed by atoms with van der Waals surface area (Å²) in [5.41, 5.74) is 0.993. The van der Waals surface area contributed by atoms with Gasteiger partial charge in [-0.1, -0.05) is 0 Å². The predicted molar refractivity (Wildman–Crippen MR) is 84.1 cm³/mol. The van der Waals surface area contributed by atoms with Gasteiger partial charge in [0.05, 0.1) is 7.11 Å². The van der Waals surface area contributed by atoms with Crippen LogP contribution in [0.15, 0.2) is 23.1 Å². The van der Waals surface area contributed by atoms with Crippen LogP contribution in [0.4, 0.5) is 0 Å². The van der Waals surface area contributed by atoms with Crippen LogP contribution in [0.3, 0.4) is 0 Å². The largest absolute Gasteiger partial charge is 0.483 e. The Bertz CT molecular complexity index is 523. The molecule has 0 aromatic heterocycles. The Morgan fingerprint density at radius 1 is 1.45 bits per heavy atom. The van der Waals surface area contributed by atoms with E-state index >= 15 is 0 Å². The zero-order chi connectivity index (χ0) is 14.5. The van der Waals surface area contributed by atoms with Crippen molar-refractivity contribution in [3.8, 4) is 5.75 Å². The zero-order valence-electron chi connectivity index (χ0n) is 10.9. The Hall–Kier alpha value is -0.960. The van der Waals surface area contributed by atoms with E-state index in [1.807, 2.05) is 18.2 Å². The average molecular weight is 407 g/mol. The molecule has 0 saturated carbocycles. The summed E-state index contributed by atoms with van der Waals surface area (Å²) in [7, 11) is 1.22. The van der Waals surface area contributed by atoms with E-state index in [9.17, 15) is 9.59 Å². The smallest absolute Gasteiger partial charge is 0.396 e. The van der Waals surface area contributed by atoms with Gasteiger partial charge in [-0.05, 0) is 46.4 Å². The summed E-state index contributed by atoms with van der Waals surface area (Å²) < 4.78 is 10.5. The maximum Gasteiger partial charge on any atom is 0.396 e. The van der Waals surface area contributed by atoms with Gasteiger partial charge in [0.1, 0.15) is 10.4 Å². The molecule has 0 aliphatic carbocycles. The van der Waals surface area contributed by atoms with Gasteiger partial charge >= 0.3 is 11.9 Å². The molecule has 0 N–H and O–H groups in total. The van der Waals surface area contributed by atoms with Crippen LogP contribution in [0, 0.1) is 0 Å². The number of alkyl halides is 1. The molecule has 2 rings (SSSR count). The van der Waals surface area contributed by atoms with Crippen molar-refractivity contribution in [3.05, 3.63) is 23.8 Å². The van der Waals surface area contributed by atoms with Crippen molar-refractivity contribution in [1.82, 2.24) is 4.90 Å². The van der Waals surface area contributed by atoms with E-state index in [1.165, 1.54) is 12.0 Å². The lowest BCUT2D eigenvalue weighted by Gasteiger charge is -2.19. The number of hydrogen-bond acceptors (Lipinski definition) is 5. The number of rotatable bonds is 2. The Labute approximate surface area is 135 Å². The van der Waals surface area contributed by atoms with Crippen LogP contribution >= 0.6 is 34.4 Å². The molecule has 1 aliphatic heterocycles. The van der Waals surface area contributed by atoms with E-state index in [1.54, 1.807) is 11.8 Å². The van der Waals surface area contributed by atoms with E-state index in [0.29, 0.717) is 17.7 Å². The lowest BCUT2D eigenvalue weighted by molar-refractivity contribution is -0.158. The van der Waals surface area contributed by atoms with Crippen molar-refractivity contribution < 1.29 is 19.1 Å². The molecule has 1 aliphatic rings. The fourth-order valence-electron chi connectivity index (χ4n) is 1.91. The molecule has 0 radical (unpaired) electrons. The number of thioether (sulfide) groups is 1. The monoisotopic (exact) mass is 407 g/mol. The van der Waals surface area contributed by atoms with Crippen LogP contribution in [0.25, 0.3) is 0 Å². The van der Waals surface area contributed by atoms with Gasteiger partial charge in [0, 0.05) is 23.7 Å². The number of amides is 1. The Morgan fingerprint density at radius 2 is 2.25 bits per heavy atom. The minimum absolute atomic E-state index is 0.398. The second-order valence-corrected chi connectivity index (χ2v) is 5.85. The molecule has 1 heterocycles. The lowest BCUT2D eigenvalue weighted by Crippen LogP contribution is -2.37. The number of halogens is 1. The molecular weight excluding hydrogens is 393 g/mol. The highest BCUT2D eigenvalue weighted by atomic mass is 127. The number of carbonyl (C=O) groups is 2. The fraction of sp³-hybridized carbons (Fsp3) is 0.385. The third kappa shape index (κ3) is 3.57. The number of carbonyl (C=O) groups excluding carboxylic acids is 2. The first kappa shape index (κ1) is 15.4. The molecule has 1 aromatic carbocycles. The van der Waals surface area contributed by atoms with E-state index in [2.05, 4.69) is 27.3 Å². The lowest BCUT2D eigenvalue weighted by atomic mass is 10.2. The molecule has 0 bridgehead atoms. The van der Waals surface area contributed by atoms with Crippen LogP contribution in [0.5, 0.6) is 5.75 Å². The van der Waals surface area contributed by atoms with E-state index < -0.39 is 11.9 Å². The maximum absolute atomic E-state index is 11.9. The number of hydrogen-bond donors (Lipinski definition) is 0. The number of benzene rings is 1. The molecule has 0 unspecified atom stereocenters. The van der Waals surface area contributed by atoms with E-state index in [0.717, 1.165) is 22.0 Å². The molecular formula is C13H14INO4S. The summed E-state index contributed by atoms with van der Waals surface area (Å²) in [4.78, 5) is 25.9. The fourth-order valence-corrected chi connectivity index (χ4v) is 3.28. The molecule has 0 fully saturated rings. The second kappa shape index (κ2) is 7.16. The van der Waals surface area contributed by atoms with Gasteiger partial charge in [0.25, 0.3) is 0 Å². The molecule has 0 saturated heterocycles. The highest BCUT2D eigenvalue weighted by molar-refractivity contribution is 14.1. The molecule has 108 valence electrons. The summed E-state index contributed by atoms with van der Waals surface area (Å²) in [6, 6.07) is 5.83. The molecule has 1 aromatic rings. The van der Waals surface area contributed by atoms with Gasteiger partial charge in [-0.15, -0.1) is 11.8 Å². The van der Waals surface area contributed by atoms with Crippen molar-refractivity contribution in [2.75, 3.05) is 24.0 Å². The standard InChI is InChI=1S/C13H14INO4S/c1-18-13(17)12(16)15-4-5-20-11-3-2-10(19-8-14)6-9(11)7-15/h2-3,6H,4-5,7-8H2,1H3. The van der Waals surface area contributed by atoms with E-state index in [4.69, 9.17) is 4.74 Å². The highest BCUT2D eigenvalue weighted by Gasteiger charge is 2.25. The van der Waals surface area contributed by atoms with Gasteiger partial charge in [0.2, 0.25) is 0 Å². The van der Waals surface area contributed by atoms with Gasteiger partial charge < -0.3 is 14.4 Å². The van der Waals surface area contributed by atoms with Crippen LogP contribution in [-0.4, -0.2) is 40.8 Å². The molecule has 0 atom stereocenters. The summed E-state index contributed by atoms with van der Waals surface area (Å²) in [6.07, 6.45) is 0. The quantitative estimate of drug-likeness (QED) is 0.325. The summed E-state index contributed by atoms with van der Waals surface area (Å²) in [6.45, 7) is 0.921. The zero-order valence-corrected chi connectivity index (χ0v) is 13.9. The highest BCUT2D eigenvalue weighted by Crippen LogP contribution is 2.30. The van der Waals surface area contributed by atoms with Crippen molar-refractivity contribution in [2.24, 2.45) is 0 Å². The minimum Gasteiger partial charge on any atom is -0.483 e. The minimum atomic E-state index is -0.821. The SMILES string of the molecule is COC(=O)C(=O)N1CCSc2ccc(OCI)cc2C1. The van der Waals surface area contributed by atoms with E-state index in [-0.39, 0.29) is 0 Å². The number of methoxy groups -OCH3 is 1. The Morgan fingerprint density at radius 3 is 2.95 bits per heavy atom. The van der Waals surface area contributed by atoms with Crippen molar-refractivity contribution in [1.29, 1.82) is 0 Å². The van der Waals surface area contributed by atoms with Gasteiger partial charge in [-0.25, -0.2) is 4.79 Å². The summed E-state index contributed by atoms with van der Waals surface area (Å²) >= 11 is 3.80. The number of ether oxygens (including phenoxy) is 2. The van der Waals surface area contributed by atoms with Crippen LogP contribution in [-0.2, 0) is 20.9 Å². The molecule has 1 amide bonds.